The highest BCUT2D eigenvalue weighted by atomic mass is 16.6. The van der Waals surface area contributed by atoms with Crippen LogP contribution < -0.4 is 27.0 Å². The highest BCUT2D eigenvalue weighted by Gasteiger charge is 2.78. The number of carboxylic acid groups (broad SMARTS) is 2. The topological polar surface area (TPSA) is 435 Å². The van der Waals surface area contributed by atoms with Crippen molar-refractivity contribution in [1.82, 2.24) is 30.6 Å². The number of nitrogens with zero attached hydrogens (tertiary/aromatic N) is 5. The number of aromatic nitrogens is 4. The van der Waals surface area contributed by atoms with Gasteiger partial charge >= 0.3 is 35.9 Å². The number of ether oxygens (including phenoxy) is 5. The number of aliphatic hydroxyl groups is 4. The minimum absolute atomic E-state index is 0.0138. The monoisotopic (exact) mass is 1260 g/mol. The van der Waals surface area contributed by atoms with Crippen molar-refractivity contribution in [3.63, 3.8) is 0 Å². The fourth-order valence-electron chi connectivity index (χ4n) is 12.6. The van der Waals surface area contributed by atoms with Gasteiger partial charge in [-0.3, -0.25) is 19.2 Å². The second-order valence-electron chi connectivity index (χ2n) is 24.8. The van der Waals surface area contributed by atoms with E-state index in [9.17, 15) is 63.9 Å². The van der Waals surface area contributed by atoms with Crippen molar-refractivity contribution >= 4 is 76.2 Å². The number of aliphatic carboxylic acids is 2. The summed E-state index contributed by atoms with van der Waals surface area (Å²) in [6, 6.07) is 19.8. The van der Waals surface area contributed by atoms with E-state index in [0.717, 1.165) is 12.6 Å². The third-order valence-electron chi connectivity index (χ3n) is 17.3. The van der Waals surface area contributed by atoms with Crippen LogP contribution in [0.15, 0.2) is 102 Å². The summed E-state index contributed by atoms with van der Waals surface area (Å²) in [4.78, 5) is 122. The van der Waals surface area contributed by atoms with Crippen LogP contribution in [0, 0.1) is 16.7 Å². The second-order valence-corrected chi connectivity index (χ2v) is 24.8. The Bertz CT molecular complexity index is 3640. The molecule has 486 valence electrons. The Morgan fingerprint density at radius 3 is 2.09 bits per heavy atom. The number of aliphatic hydroxyl groups excluding tert-OH is 3. The minimum Gasteiger partial charge on any atom is -0.481 e. The number of ketones is 1. The molecule has 9 rings (SSSR count). The number of hydrogen-bond donors (Lipinski definition) is 10. The fraction of sp³-hybridized carbons (Fsp3) is 0.460. The van der Waals surface area contributed by atoms with Gasteiger partial charge in [-0.15, -0.1) is 0 Å². The van der Waals surface area contributed by atoms with E-state index in [1.165, 1.54) is 38.1 Å². The Kier molecular flexibility index (Phi) is 19.6. The van der Waals surface area contributed by atoms with E-state index < -0.39 is 136 Å². The van der Waals surface area contributed by atoms with Crippen molar-refractivity contribution in [3.05, 3.63) is 125 Å². The standard InChI is InChI=1S/C43H53NO14.C20H22N8O5/c1-22-26(55-37(51)32(48)30(24-15-11-9-12-16-24)44-38(52)58-39(3,4)5)20-43(53)35(56-36(50)25-17-13-10-14-18-25)33-41(8,34(49)31(47)29(22)40(43,6)7)27(46)19-28-42(33,21-54-28)57-23(2)45;1-28(9-11-8-23-17-15(24-11)16(21)26-20(22)27-17)12-4-2-10(3-5-12)18(31)25-13(19(32)33)6-7-14(29)30/h9-18,26-28,30-33,35,46-48,53H,19-21H2,1-8H3,(H,44,52);2-5,8,13H,6-7,9H2,1H3,(H,25,31)(H,29,30)(H,32,33)(H4,21,22,23,26,27)/t26-,27-,28+,30-,31+,32+,33-,35-,41+,42-,43+;13-/m00/s1. The molecule has 3 aromatic carbocycles. The predicted molar refractivity (Wildman–Crippen MR) is 322 cm³/mol. The Morgan fingerprint density at radius 2 is 1.51 bits per heavy atom. The third-order valence-corrected chi connectivity index (χ3v) is 17.3. The van der Waals surface area contributed by atoms with E-state index in [1.54, 1.807) is 101 Å². The first kappa shape index (κ1) is 67.7. The van der Waals surface area contributed by atoms with E-state index in [1.807, 2.05) is 11.9 Å². The molecule has 0 radical (unpaired) electrons. The van der Waals surface area contributed by atoms with Crippen molar-refractivity contribution in [3.8, 4) is 0 Å². The lowest BCUT2D eigenvalue weighted by molar-refractivity contribution is -0.346. The molecule has 0 spiro atoms. The number of hydrogen-bond acceptors (Lipinski definition) is 24. The van der Waals surface area contributed by atoms with Gasteiger partial charge in [0.1, 0.15) is 41.7 Å². The van der Waals surface area contributed by atoms with E-state index >= 15 is 0 Å². The van der Waals surface area contributed by atoms with E-state index in [0.29, 0.717) is 29.0 Å². The smallest absolute Gasteiger partial charge is 0.408 e. The molecule has 12 atom stereocenters. The highest BCUT2D eigenvalue weighted by Crippen LogP contribution is 2.64. The van der Waals surface area contributed by atoms with Gasteiger partial charge in [-0.1, -0.05) is 62.4 Å². The van der Waals surface area contributed by atoms with Gasteiger partial charge in [-0.2, -0.15) is 9.97 Å². The van der Waals surface area contributed by atoms with Gasteiger partial charge in [0.25, 0.3) is 5.91 Å². The number of fused-ring (bicyclic) bond motifs is 6. The van der Waals surface area contributed by atoms with Crippen LogP contribution in [0.5, 0.6) is 0 Å². The number of nitrogen functional groups attached to an aromatic ring is 2. The van der Waals surface area contributed by atoms with Gasteiger partial charge in [-0.05, 0) is 94.1 Å². The van der Waals surface area contributed by atoms with Crippen molar-refractivity contribution in [2.75, 3.05) is 30.0 Å². The summed E-state index contributed by atoms with van der Waals surface area (Å²) in [5, 5.41) is 71.8. The SMILES string of the molecule is CC(=O)O[C@@]12CO[C@@H]1C[C@H](O)[C@@]1(C)C(=O)[C@H](O)C3=C(C)[C@@H](OC(=O)[C@H](O)[C@@H](NC(=O)OC(C)(C)C)c4ccccc4)C[C@@](O)([C@@H](OC(=O)c4ccccc4)[C@H]21)C3(C)C.CN(Cc1cnc2nc(N)nc(N)c2n1)c1ccc(C(=O)N[C@@H](CCC(=O)O)C(=O)O)cc1. The predicted octanol–water partition coefficient (Wildman–Crippen LogP) is 3.53. The normalized spacial score (nSPS) is 25.7. The van der Waals surface area contributed by atoms with Gasteiger partial charge in [0.05, 0.1) is 54.1 Å². The summed E-state index contributed by atoms with van der Waals surface area (Å²) < 4.78 is 29.5. The first-order valence-electron chi connectivity index (χ1n) is 29.1. The molecule has 28 heteroatoms. The summed E-state index contributed by atoms with van der Waals surface area (Å²) >= 11 is 0. The van der Waals surface area contributed by atoms with Crippen LogP contribution in [0.2, 0.25) is 0 Å². The Hall–Kier alpha value is -9.22. The van der Waals surface area contributed by atoms with Crippen molar-refractivity contribution in [2.45, 2.75) is 153 Å². The zero-order valence-corrected chi connectivity index (χ0v) is 51.5. The number of benzene rings is 3. The van der Waals surface area contributed by atoms with Crippen LogP contribution in [-0.2, 0) is 54.2 Å². The third kappa shape index (κ3) is 13.8. The molecular formula is C63H75N9O19. The lowest BCUT2D eigenvalue weighted by atomic mass is 9.44. The number of nitrogens with two attached hydrogens (primary N) is 2. The van der Waals surface area contributed by atoms with E-state index in [-0.39, 0.29) is 59.9 Å². The number of amides is 2. The number of carbonyl (C=O) groups is 8. The second kappa shape index (κ2) is 26.3. The number of esters is 3. The fourth-order valence-corrected chi connectivity index (χ4v) is 12.6. The first-order chi connectivity index (χ1) is 42.6. The minimum atomic E-state index is -2.35. The number of rotatable bonds is 17. The first-order valence-corrected chi connectivity index (χ1v) is 29.1. The number of nitrogens with one attached hydrogen (secondary N) is 2. The quantitative estimate of drug-likeness (QED) is 0.0361. The molecule has 1 saturated heterocycles. The Morgan fingerprint density at radius 1 is 0.868 bits per heavy atom. The van der Waals surface area contributed by atoms with E-state index in [2.05, 4.69) is 30.6 Å². The number of carboxylic acids is 2. The summed E-state index contributed by atoms with van der Waals surface area (Å²) in [6.07, 6.45) is -10.5. The molecule has 3 fully saturated rings. The van der Waals surface area contributed by atoms with Crippen molar-refractivity contribution in [2.24, 2.45) is 16.7 Å². The van der Waals surface area contributed by atoms with Gasteiger partial charge < -0.3 is 81.3 Å². The van der Waals surface area contributed by atoms with Gasteiger partial charge in [0, 0.05) is 49.9 Å². The van der Waals surface area contributed by atoms with Crippen LogP contribution in [0.4, 0.5) is 22.2 Å². The molecule has 2 bridgehead atoms. The van der Waals surface area contributed by atoms with Gasteiger partial charge in [0.15, 0.2) is 34.5 Å². The molecule has 5 aromatic rings. The molecule has 3 heterocycles. The molecular weight excluding hydrogens is 1190 g/mol. The molecule has 2 saturated carbocycles. The average molecular weight is 1260 g/mol. The highest BCUT2D eigenvalue weighted by molar-refractivity contribution is 5.97. The summed E-state index contributed by atoms with van der Waals surface area (Å²) in [5.74, 6) is -8.27. The maximum Gasteiger partial charge on any atom is 0.408 e. The molecule has 1 aliphatic heterocycles. The summed E-state index contributed by atoms with van der Waals surface area (Å²) in [5.41, 5.74) is 5.52. The number of alkyl carbamates (subject to hydrolysis) is 1. The largest absolute Gasteiger partial charge is 0.481 e. The average Bonchev–Trinajstić information content (AvgIpc) is 0.672. The molecule has 91 heavy (non-hydrogen) atoms. The van der Waals surface area contributed by atoms with Crippen LogP contribution >= 0.6 is 0 Å². The maximum absolute atomic E-state index is 14.9. The molecule has 28 nitrogen and oxygen atoms in total. The van der Waals surface area contributed by atoms with Crippen LogP contribution in [0.25, 0.3) is 11.2 Å². The van der Waals surface area contributed by atoms with Gasteiger partial charge in [0.2, 0.25) is 5.95 Å². The van der Waals surface area contributed by atoms with Crippen LogP contribution in [-0.4, -0.2) is 171 Å². The summed E-state index contributed by atoms with van der Waals surface area (Å²) in [7, 11) is 1.82. The molecule has 12 N–H and O–H groups in total. The zero-order chi connectivity index (χ0) is 66.9. The molecule has 4 aliphatic rings. The van der Waals surface area contributed by atoms with Crippen LogP contribution in [0.3, 0.4) is 0 Å². The lowest BCUT2D eigenvalue weighted by Crippen LogP contribution is -2.81. The Labute approximate surface area is 522 Å². The lowest BCUT2D eigenvalue weighted by Gasteiger charge is -2.67. The number of carbonyl (C=O) groups excluding carboxylic acids is 6. The Balaban J connectivity index is 0.000000274. The summed E-state index contributed by atoms with van der Waals surface area (Å²) in [6.45, 7) is 12.2. The molecule has 2 amide bonds. The number of Topliss-reactive ketones (excluding diaryl/α,β-unsaturated/α-hetero) is 1. The van der Waals surface area contributed by atoms with Crippen molar-refractivity contribution < 1.29 is 92.7 Å². The van der Waals surface area contributed by atoms with Crippen LogP contribution in [0.1, 0.15) is 119 Å². The molecule has 2 aromatic heterocycles. The number of anilines is 3. The van der Waals surface area contributed by atoms with E-state index in [4.69, 9.17) is 40.3 Å². The van der Waals surface area contributed by atoms with Crippen molar-refractivity contribution in [1.29, 1.82) is 0 Å². The molecule has 3 aliphatic carbocycles. The molecule has 0 unspecified atom stereocenters. The zero-order valence-electron chi connectivity index (χ0n) is 51.5. The van der Waals surface area contributed by atoms with Gasteiger partial charge in [-0.25, -0.2) is 29.1 Å². The maximum atomic E-state index is 14.9.